The summed E-state index contributed by atoms with van der Waals surface area (Å²) >= 11 is 0. The highest BCUT2D eigenvalue weighted by Crippen LogP contribution is 2.26. The number of phenolic OH excluding ortho intramolecular Hbond substituents is 1. The van der Waals surface area contributed by atoms with Gasteiger partial charge < -0.3 is 5.11 Å². The fourth-order valence-electron chi connectivity index (χ4n) is 2.20. The second-order valence-corrected chi connectivity index (χ2v) is 4.83. The van der Waals surface area contributed by atoms with Crippen LogP contribution in [-0.4, -0.2) is 19.6 Å². The van der Waals surface area contributed by atoms with Gasteiger partial charge in [-0.05, 0) is 24.3 Å². The van der Waals surface area contributed by atoms with E-state index in [4.69, 9.17) is 0 Å². The standard InChI is InChI=1S/C15H15N3O/c1-10(2)14-17-13-7-4-8-16-15(13)18(14)11-5-3-6-12(19)9-11/h3-10,19H,1-2H3. The Hall–Kier alpha value is -2.36. The first-order valence-electron chi connectivity index (χ1n) is 6.29. The predicted molar refractivity (Wildman–Crippen MR) is 74.6 cm³/mol. The molecule has 0 aliphatic heterocycles. The maximum absolute atomic E-state index is 9.66. The zero-order valence-electron chi connectivity index (χ0n) is 10.9. The van der Waals surface area contributed by atoms with E-state index < -0.39 is 0 Å². The third kappa shape index (κ3) is 1.95. The highest BCUT2D eigenvalue weighted by atomic mass is 16.3. The number of pyridine rings is 1. The Morgan fingerprint density at radius 1 is 1.16 bits per heavy atom. The van der Waals surface area contributed by atoms with E-state index in [1.165, 1.54) is 0 Å². The number of imidazole rings is 1. The van der Waals surface area contributed by atoms with Gasteiger partial charge in [-0.2, -0.15) is 0 Å². The first-order valence-corrected chi connectivity index (χ1v) is 6.29. The minimum atomic E-state index is 0.241. The number of benzene rings is 1. The smallest absolute Gasteiger partial charge is 0.164 e. The van der Waals surface area contributed by atoms with Crippen molar-refractivity contribution in [3.63, 3.8) is 0 Å². The van der Waals surface area contributed by atoms with E-state index in [1.807, 2.05) is 28.8 Å². The third-order valence-electron chi connectivity index (χ3n) is 3.05. The van der Waals surface area contributed by atoms with Crippen molar-refractivity contribution in [2.24, 2.45) is 0 Å². The van der Waals surface area contributed by atoms with Gasteiger partial charge in [-0.1, -0.05) is 19.9 Å². The minimum absolute atomic E-state index is 0.241. The van der Waals surface area contributed by atoms with Crippen LogP contribution in [0.2, 0.25) is 0 Å². The molecule has 19 heavy (non-hydrogen) atoms. The molecule has 0 fully saturated rings. The molecule has 0 amide bonds. The molecule has 1 N–H and O–H groups in total. The number of aromatic hydroxyl groups is 1. The quantitative estimate of drug-likeness (QED) is 0.762. The summed E-state index contributed by atoms with van der Waals surface area (Å²) in [6.07, 6.45) is 1.76. The zero-order valence-corrected chi connectivity index (χ0v) is 10.9. The number of hydrogen-bond acceptors (Lipinski definition) is 3. The van der Waals surface area contributed by atoms with E-state index in [2.05, 4.69) is 23.8 Å². The number of fused-ring (bicyclic) bond motifs is 1. The van der Waals surface area contributed by atoms with Crippen LogP contribution in [-0.2, 0) is 0 Å². The summed E-state index contributed by atoms with van der Waals surface area (Å²) in [4.78, 5) is 9.05. The van der Waals surface area contributed by atoms with Crippen molar-refractivity contribution < 1.29 is 5.11 Å². The minimum Gasteiger partial charge on any atom is -0.508 e. The SMILES string of the molecule is CC(C)c1nc2cccnc2n1-c1cccc(O)c1. The number of hydrogen-bond donors (Lipinski definition) is 1. The molecule has 2 aromatic heterocycles. The number of rotatable bonds is 2. The summed E-state index contributed by atoms with van der Waals surface area (Å²) in [7, 11) is 0. The molecular weight excluding hydrogens is 238 g/mol. The molecule has 1 aromatic carbocycles. The molecule has 0 unspecified atom stereocenters. The van der Waals surface area contributed by atoms with E-state index in [0.29, 0.717) is 0 Å². The van der Waals surface area contributed by atoms with Crippen LogP contribution >= 0.6 is 0 Å². The van der Waals surface area contributed by atoms with Gasteiger partial charge in [0.25, 0.3) is 0 Å². The average molecular weight is 253 g/mol. The Morgan fingerprint density at radius 2 is 2.00 bits per heavy atom. The summed E-state index contributed by atoms with van der Waals surface area (Å²) in [6.45, 7) is 4.20. The first-order chi connectivity index (χ1) is 9.16. The number of aromatic nitrogens is 3. The Kier molecular flexibility index (Phi) is 2.71. The molecule has 0 atom stereocenters. The molecule has 3 rings (SSSR count). The summed E-state index contributed by atoms with van der Waals surface area (Å²) in [5.41, 5.74) is 2.57. The largest absolute Gasteiger partial charge is 0.508 e. The highest BCUT2D eigenvalue weighted by molar-refractivity contribution is 5.74. The highest BCUT2D eigenvalue weighted by Gasteiger charge is 2.15. The summed E-state index contributed by atoms with van der Waals surface area (Å²) in [5.74, 6) is 1.46. The van der Waals surface area contributed by atoms with Crippen LogP contribution in [0.25, 0.3) is 16.9 Å². The molecule has 3 aromatic rings. The number of phenols is 1. The molecule has 96 valence electrons. The Bertz CT molecular complexity index is 731. The molecule has 0 aliphatic carbocycles. The van der Waals surface area contributed by atoms with Crippen LogP contribution in [0.3, 0.4) is 0 Å². The van der Waals surface area contributed by atoms with Gasteiger partial charge in [0, 0.05) is 18.2 Å². The lowest BCUT2D eigenvalue weighted by Crippen LogP contribution is -2.03. The van der Waals surface area contributed by atoms with Crippen LogP contribution < -0.4 is 0 Å². The molecule has 0 saturated heterocycles. The van der Waals surface area contributed by atoms with E-state index in [-0.39, 0.29) is 11.7 Å². The van der Waals surface area contributed by atoms with Gasteiger partial charge >= 0.3 is 0 Å². The second kappa shape index (κ2) is 4.39. The average Bonchev–Trinajstić information content (AvgIpc) is 2.78. The summed E-state index contributed by atoms with van der Waals surface area (Å²) in [6, 6.07) is 11.0. The molecular formula is C15H15N3O. The van der Waals surface area contributed by atoms with Crippen LogP contribution in [0.15, 0.2) is 42.6 Å². The first kappa shape index (κ1) is 11.7. The van der Waals surface area contributed by atoms with Gasteiger partial charge in [-0.25, -0.2) is 9.97 Å². The monoisotopic (exact) mass is 253 g/mol. The molecule has 2 heterocycles. The maximum Gasteiger partial charge on any atom is 0.164 e. The van der Waals surface area contributed by atoms with Crippen molar-refractivity contribution in [3.8, 4) is 11.4 Å². The van der Waals surface area contributed by atoms with Crippen molar-refractivity contribution in [2.75, 3.05) is 0 Å². The Balaban J connectivity index is 2.34. The van der Waals surface area contributed by atoms with Crippen molar-refractivity contribution in [1.82, 2.24) is 14.5 Å². The summed E-state index contributed by atoms with van der Waals surface area (Å²) in [5, 5.41) is 9.66. The van der Waals surface area contributed by atoms with Gasteiger partial charge in [0.05, 0.1) is 5.69 Å². The molecule has 0 saturated carbocycles. The lowest BCUT2D eigenvalue weighted by atomic mass is 10.2. The molecule has 0 radical (unpaired) electrons. The van der Waals surface area contributed by atoms with Crippen LogP contribution in [0.5, 0.6) is 5.75 Å². The van der Waals surface area contributed by atoms with Crippen molar-refractivity contribution in [1.29, 1.82) is 0 Å². The lowest BCUT2D eigenvalue weighted by molar-refractivity contribution is 0.475. The van der Waals surface area contributed by atoms with Crippen LogP contribution in [0.1, 0.15) is 25.6 Å². The van der Waals surface area contributed by atoms with Crippen molar-refractivity contribution in [2.45, 2.75) is 19.8 Å². The fraction of sp³-hybridized carbons (Fsp3) is 0.200. The molecule has 0 bridgehead atoms. The maximum atomic E-state index is 9.66. The van der Waals surface area contributed by atoms with Gasteiger partial charge in [-0.3, -0.25) is 4.57 Å². The fourth-order valence-corrected chi connectivity index (χ4v) is 2.20. The molecule has 4 heteroatoms. The van der Waals surface area contributed by atoms with Crippen LogP contribution in [0, 0.1) is 0 Å². The third-order valence-corrected chi connectivity index (χ3v) is 3.05. The zero-order chi connectivity index (χ0) is 13.4. The van der Waals surface area contributed by atoms with Gasteiger partial charge in [-0.15, -0.1) is 0 Å². The van der Waals surface area contributed by atoms with Crippen molar-refractivity contribution >= 4 is 11.2 Å². The molecule has 0 aliphatic rings. The van der Waals surface area contributed by atoms with Crippen molar-refractivity contribution in [3.05, 3.63) is 48.4 Å². The normalized spacial score (nSPS) is 11.3. The van der Waals surface area contributed by atoms with E-state index >= 15 is 0 Å². The predicted octanol–water partition coefficient (Wildman–Crippen LogP) is 3.25. The molecule has 4 nitrogen and oxygen atoms in total. The van der Waals surface area contributed by atoms with Gasteiger partial charge in [0.15, 0.2) is 5.65 Å². The van der Waals surface area contributed by atoms with Crippen LogP contribution in [0.4, 0.5) is 0 Å². The Morgan fingerprint density at radius 3 is 2.74 bits per heavy atom. The van der Waals surface area contributed by atoms with Gasteiger partial charge in [0.2, 0.25) is 0 Å². The molecule has 0 spiro atoms. The Labute approximate surface area is 111 Å². The van der Waals surface area contributed by atoms with E-state index in [0.717, 1.165) is 22.7 Å². The van der Waals surface area contributed by atoms with Gasteiger partial charge in [0.1, 0.15) is 17.1 Å². The second-order valence-electron chi connectivity index (χ2n) is 4.83. The summed E-state index contributed by atoms with van der Waals surface area (Å²) < 4.78 is 2.00. The topological polar surface area (TPSA) is 50.9 Å². The van der Waals surface area contributed by atoms with E-state index in [1.54, 1.807) is 18.3 Å². The van der Waals surface area contributed by atoms with E-state index in [9.17, 15) is 5.11 Å². The number of nitrogens with zero attached hydrogens (tertiary/aromatic N) is 3. The lowest BCUT2D eigenvalue weighted by Gasteiger charge is -2.11.